The number of piperidine rings is 1. The van der Waals surface area contributed by atoms with Crippen LogP contribution in [-0.2, 0) is 63.8 Å². The molecule has 3 aliphatic rings. The summed E-state index contributed by atoms with van der Waals surface area (Å²) in [6.45, 7) is 20.0. The molecule has 1 aromatic heterocycles. The lowest BCUT2D eigenvalue weighted by Crippen LogP contribution is -2.60. The Morgan fingerprint density at radius 1 is 0.814 bits per heavy atom. The van der Waals surface area contributed by atoms with Crippen molar-refractivity contribution in [3.8, 4) is 0 Å². The summed E-state index contributed by atoms with van der Waals surface area (Å²) in [7, 11) is 6.83. The maximum Gasteiger partial charge on any atom is 0.312 e. The molecule has 2 aliphatic heterocycles. The molecule has 27 heteroatoms. The van der Waals surface area contributed by atoms with Crippen molar-refractivity contribution < 1.29 is 67.3 Å². The van der Waals surface area contributed by atoms with Gasteiger partial charge in [-0.25, -0.2) is 9.78 Å². The van der Waals surface area contributed by atoms with Crippen molar-refractivity contribution in [1.29, 1.82) is 0 Å². The second-order valence-corrected chi connectivity index (χ2v) is 28.4. The summed E-state index contributed by atoms with van der Waals surface area (Å²) in [5, 5.41) is 32.0. The van der Waals surface area contributed by atoms with Crippen molar-refractivity contribution in [3.05, 3.63) is 46.4 Å². The standard InChI is InChI=1S/C70H114N12O14S/c1-15-21-46(17-3)49(38-57(85)86)64(88)72-30-34-96-33-28-55(83)78-58(40(4)5)66(90)76-50(24-19-29-74-70(71)93)65(89)75-47-23-18-22-45(36-47)37-51(68-73-31-35-97-68)77-63(87)44(10)62(95-14)53-25-20-32-82(53)56(84)39-54(94-13)60(42(8)16-2)81(12)69(92)59(41(6)7)79-67(91)61-48-26-27-52(43(48)9)80(61)11/h18,22-23,31,35-36,40-44,46,48-54,58-62H,15-17,19-21,24-30,32-34,37-39H2,1-14H3,(H,72,88)(H,75,89)(H,76,90)(H,77,87)(H,78,83)(H,79,91)(H,85,86)(H3,71,74,93)/t42-,43-,44+,46?,48-,49?,50-,51-,52-,53-,54+,58-,59-,60-,61-,62+/m0/s1. The minimum absolute atomic E-state index is 0.0317. The number of benzene rings is 1. The highest BCUT2D eigenvalue weighted by atomic mass is 32.1. The third-order valence-corrected chi connectivity index (χ3v) is 21.2. The highest BCUT2D eigenvalue weighted by Gasteiger charge is 2.53. The SMILES string of the molecule is CCCC(CC)C(CC(=O)O)C(=O)NCCOCCC(=O)N[C@H](C(=O)N[C@@H](CCCNC(N)=O)C(=O)Nc1cccc(C[C@H](NC(=O)[C@H](C)[C@@H](OC)[C@@H]2CCCN2C(=O)C[C@@H](OC)[C@H]([C@@H](C)CC)N(C)C(=O)[C@@H](NC(=O)[C@@H]2[C@H]3CC[C@@H]([C@H]3C)N2C)C(C)C)c2nccs2)c1)C(C)C. The third-order valence-electron chi connectivity index (χ3n) is 20.3. The summed E-state index contributed by atoms with van der Waals surface area (Å²) >= 11 is 1.36. The lowest BCUT2D eigenvalue weighted by Gasteiger charge is -2.41. The molecule has 97 heavy (non-hydrogen) atoms. The van der Waals surface area contributed by atoms with Gasteiger partial charge in [0.15, 0.2) is 0 Å². The van der Waals surface area contributed by atoms with E-state index in [1.807, 2.05) is 60.0 Å². The first kappa shape index (κ1) is 80.9. The molecule has 2 aromatic rings. The molecule has 16 atom stereocenters. The molecule has 544 valence electrons. The number of nitrogens with two attached hydrogens (primary N) is 1. The number of nitrogens with zero attached hydrogens (tertiary/aromatic N) is 4. The van der Waals surface area contributed by atoms with E-state index in [9.17, 15) is 53.1 Å². The van der Waals surface area contributed by atoms with E-state index in [-0.39, 0.29) is 124 Å². The zero-order valence-corrected chi connectivity index (χ0v) is 60.6. The number of urea groups is 1. The number of rotatable bonds is 42. The average molecular weight is 1380 g/mol. The third kappa shape index (κ3) is 22.9. The average Bonchev–Trinajstić information content (AvgIpc) is 1.60. The molecule has 0 radical (unpaired) electrons. The fourth-order valence-corrected chi connectivity index (χ4v) is 15.4. The number of carbonyl (C=O) groups is 10. The topological polar surface area (TPSA) is 351 Å². The maximum atomic E-state index is 14.7. The van der Waals surface area contributed by atoms with E-state index in [1.165, 1.54) is 18.4 Å². The minimum atomic E-state index is -1.14. The number of likely N-dealkylation sites (N-methyl/N-ethyl adjacent to an activating group) is 2. The number of aromatic nitrogens is 1. The van der Waals surface area contributed by atoms with Crippen LogP contribution < -0.4 is 43.0 Å². The number of thiazole rings is 1. The summed E-state index contributed by atoms with van der Waals surface area (Å²) in [5.74, 6) is -5.57. The maximum absolute atomic E-state index is 14.7. The Bertz CT molecular complexity index is 2900. The smallest absolute Gasteiger partial charge is 0.312 e. The second kappa shape index (κ2) is 39.7. The molecule has 1 aliphatic carbocycles. The van der Waals surface area contributed by atoms with Crippen LogP contribution in [0, 0.1) is 47.3 Å². The number of amides is 10. The van der Waals surface area contributed by atoms with E-state index in [1.54, 1.807) is 69.1 Å². The van der Waals surface area contributed by atoms with Gasteiger partial charge in [-0.15, -0.1) is 11.3 Å². The first-order chi connectivity index (χ1) is 46.1. The number of carboxylic acids is 1. The van der Waals surface area contributed by atoms with Crippen LogP contribution >= 0.6 is 11.3 Å². The number of ether oxygens (including phenoxy) is 3. The number of methoxy groups -OCH3 is 2. The predicted molar refractivity (Wildman–Crippen MR) is 370 cm³/mol. The highest BCUT2D eigenvalue weighted by Crippen LogP contribution is 2.46. The van der Waals surface area contributed by atoms with Gasteiger partial charge in [0.05, 0.1) is 74.3 Å². The molecule has 26 nitrogen and oxygen atoms in total. The predicted octanol–water partition coefficient (Wildman–Crippen LogP) is 5.79. The van der Waals surface area contributed by atoms with Crippen molar-refractivity contribution in [2.24, 2.45) is 53.1 Å². The number of carboxylic acid groups (broad SMARTS) is 1. The second-order valence-electron chi connectivity index (χ2n) is 27.5. The first-order valence-electron chi connectivity index (χ1n) is 35.1. The summed E-state index contributed by atoms with van der Waals surface area (Å²) in [4.78, 5) is 146. The van der Waals surface area contributed by atoms with Gasteiger partial charge in [-0.2, -0.15) is 0 Å². The first-order valence-corrected chi connectivity index (χ1v) is 35.9. The monoisotopic (exact) mass is 1380 g/mol. The van der Waals surface area contributed by atoms with Gasteiger partial charge in [0.2, 0.25) is 47.3 Å². The summed E-state index contributed by atoms with van der Waals surface area (Å²) in [6.07, 6.45) is 6.59. The van der Waals surface area contributed by atoms with Crippen molar-refractivity contribution in [3.63, 3.8) is 0 Å². The molecule has 3 fully saturated rings. The van der Waals surface area contributed by atoms with E-state index >= 15 is 0 Å². The molecule has 10 N–H and O–H groups in total. The fourth-order valence-electron chi connectivity index (χ4n) is 14.7. The number of likely N-dealkylation sites (tertiary alicyclic amines) is 2. The zero-order chi connectivity index (χ0) is 71.8. The summed E-state index contributed by atoms with van der Waals surface area (Å²) in [6, 6.07) is 1.74. The van der Waals surface area contributed by atoms with Gasteiger partial charge in [0.1, 0.15) is 23.1 Å². The van der Waals surface area contributed by atoms with Gasteiger partial charge in [0, 0.05) is 70.6 Å². The molecule has 1 aromatic carbocycles. The van der Waals surface area contributed by atoms with Crippen LogP contribution in [-0.4, -0.2) is 200 Å². The fraction of sp³-hybridized carbons (Fsp3) is 0.729. The van der Waals surface area contributed by atoms with Gasteiger partial charge in [0.25, 0.3) is 0 Å². The molecule has 2 bridgehead atoms. The van der Waals surface area contributed by atoms with Crippen LogP contribution in [0.25, 0.3) is 0 Å². The Labute approximate surface area is 578 Å². The molecule has 3 heterocycles. The molecular weight excluding hydrogens is 1260 g/mol. The minimum Gasteiger partial charge on any atom is -0.481 e. The van der Waals surface area contributed by atoms with Crippen molar-refractivity contribution in [1.82, 2.24) is 51.6 Å². The van der Waals surface area contributed by atoms with Crippen molar-refractivity contribution in [2.45, 2.75) is 220 Å². The van der Waals surface area contributed by atoms with Gasteiger partial charge in [-0.1, -0.05) is 101 Å². The van der Waals surface area contributed by atoms with Gasteiger partial charge in [-0.05, 0) is 112 Å². The van der Waals surface area contributed by atoms with Crippen molar-refractivity contribution >= 4 is 76.3 Å². The molecule has 0 spiro atoms. The molecular formula is C70H114N12O14S. The Hall–Kier alpha value is -6.81. The summed E-state index contributed by atoms with van der Waals surface area (Å²) in [5.41, 5.74) is 6.42. The highest BCUT2D eigenvalue weighted by molar-refractivity contribution is 7.09. The van der Waals surface area contributed by atoms with E-state index in [2.05, 4.69) is 54.0 Å². The van der Waals surface area contributed by atoms with Crippen LogP contribution in [0.5, 0.6) is 0 Å². The Balaban J connectivity index is 1.22. The van der Waals surface area contributed by atoms with Gasteiger partial charge < -0.3 is 72.1 Å². The molecule has 5 rings (SSSR count). The Morgan fingerprint density at radius 3 is 2.13 bits per heavy atom. The summed E-state index contributed by atoms with van der Waals surface area (Å²) < 4.78 is 17.9. The van der Waals surface area contributed by atoms with Crippen LogP contribution in [0.15, 0.2) is 35.8 Å². The van der Waals surface area contributed by atoms with E-state index < -0.39 is 95.9 Å². The van der Waals surface area contributed by atoms with E-state index in [0.717, 1.165) is 31.2 Å². The largest absolute Gasteiger partial charge is 0.481 e. The van der Waals surface area contributed by atoms with Gasteiger partial charge in [-0.3, -0.25) is 48.1 Å². The number of primary amides is 1. The molecule has 1 saturated carbocycles. The van der Waals surface area contributed by atoms with Crippen LogP contribution in [0.1, 0.15) is 169 Å². The Morgan fingerprint density at radius 2 is 1.54 bits per heavy atom. The van der Waals surface area contributed by atoms with E-state index in [0.29, 0.717) is 54.9 Å². The van der Waals surface area contributed by atoms with Gasteiger partial charge >= 0.3 is 12.0 Å². The molecule has 2 saturated heterocycles. The van der Waals surface area contributed by atoms with Crippen LogP contribution in [0.2, 0.25) is 0 Å². The van der Waals surface area contributed by atoms with Crippen molar-refractivity contribution in [2.75, 3.05) is 66.5 Å². The number of hydrogen-bond acceptors (Lipinski definition) is 16. The number of carbonyl (C=O) groups excluding carboxylic acids is 9. The van der Waals surface area contributed by atoms with E-state index in [4.69, 9.17) is 19.9 Å². The molecule has 10 amide bonds. The Kier molecular flexibility index (Phi) is 33.1. The number of aliphatic carboxylic acids is 1. The normalized spacial score (nSPS) is 21.0. The van der Waals surface area contributed by atoms with Crippen LogP contribution in [0.3, 0.4) is 0 Å². The lowest BCUT2D eigenvalue weighted by atomic mass is 9.83. The number of anilines is 1. The zero-order valence-electron chi connectivity index (χ0n) is 59.8. The number of hydrogen-bond donors (Lipinski definition) is 9. The number of fused-ring (bicyclic) bond motifs is 2. The number of nitrogens with one attached hydrogen (secondary N) is 7. The lowest BCUT2D eigenvalue weighted by molar-refractivity contribution is -0.148. The van der Waals surface area contributed by atoms with Crippen LogP contribution in [0.4, 0.5) is 10.5 Å². The molecule has 2 unspecified atom stereocenters. The quantitative estimate of drug-likeness (QED) is 0.0355.